The predicted octanol–water partition coefficient (Wildman–Crippen LogP) is 2.28. The minimum absolute atomic E-state index is 0.276. The normalized spacial score (nSPS) is 10.7. The fourth-order valence-corrected chi connectivity index (χ4v) is 3.73. The second-order valence-corrected chi connectivity index (χ2v) is 6.87. The van der Waals surface area contributed by atoms with E-state index in [0.717, 1.165) is 16.0 Å². The molecule has 0 aliphatic rings. The number of imide groups is 1. The predicted molar refractivity (Wildman–Crippen MR) is 101 cm³/mol. The number of thiophene rings is 1. The van der Waals surface area contributed by atoms with Crippen LogP contribution in [0.15, 0.2) is 41.5 Å². The quantitative estimate of drug-likeness (QED) is 0.737. The topological polar surface area (TPSA) is 93.1 Å². The molecule has 0 aliphatic carbocycles. The summed E-state index contributed by atoms with van der Waals surface area (Å²) in [6.45, 7) is 3.82. The van der Waals surface area contributed by atoms with Crippen LogP contribution < -0.4 is 16.2 Å². The first-order valence-electron chi connectivity index (χ1n) is 8.13. The van der Waals surface area contributed by atoms with Crippen LogP contribution in [-0.4, -0.2) is 28.0 Å². The van der Waals surface area contributed by atoms with Gasteiger partial charge in [-0.15, -0.1) is 11.3 Å². The molecule has 3 rings (SSSR count). The molecule has 0 radical (unpaired) electrons. The monoisotopic (exact) mass is 370 g/mol. The Kier molecular flexibility index (Phi) is 5.13. The highest BCUT2D eigenvalue weighted by molar-refractivity contribution is 7.19. The summed E-state index contributed by atoms with van der Waals surface area (Å²) in [7, 11) is 0. The van der Waals surface area contributed by atoms with Gasteiger partial charge < -0.3 is 5.32 Å². The molecule has 0 saturated heterocycles. The van der Waals surface area contributed by atoms with Gasteiger partial charge in [0.05, 0.1) is 11.7 Å². The molecule has 0 unspecified atom stereocenters. The highest BCUT2D eigenvalue weighted by atomic mass is 32.1. The Morgan fingerprint density at radius 2 is 1.96 bits per heavy atom. The first kappa shape index (κ1) is 17.8. The van der Waals surface area contributed by atoms with Gasteiger partial charge in [0.25, 0.3) is 5.56 Å². The van der Waals surface area contributed by atoms with Gasteiger partial charge in [-0.05, 0) is 19.4 Å². The molecule has 2 aromatic heterocycles. The van der Waals surface area contributed by atoms with Crippen LogP contribution in [0.3, 0.4) is 0 Å². The second kappa shape index (κ2) is 7.49. The lowest BCUT2D eigenvalue weighted by Gasteiger charge is -2.07. The van der Waals surface area contributed by atoms with Crippen LogP contribution in [0.4, 0.5) is 4.79 Å². The van der Waals surface area contributed by atoms with E-state index >= 15 is 0 Å². The molecule has 0 fully saturated rings. The zero-order valence-electron chi connectivity index (χ0n) is 14.4. The second-order valence-electron chi connectivity index (χ2n) is 5.66. The minimum Gasteiger partial charge on any atom is -0.338 e. The number of amides is 3. The number of carbonyl (C=O) groups is 2. The maximum absolute atomic E-state index is 12.9. The van der Waals surface area contributed by atoms with Crippen LogP contribution in [0.5, 0.6) is 0 Å². The van der Waals surface area contributed by atoms with Crippen molar-refractivity contribution in [1.82, 2.24) is 20.2 Å². The lowest BCUT2D eigenvalue weighted by Crippen LogP contribution is -2.42. The number of carbonyl (C=O) groups excluding carboxylic acids is 2. The molecule has 2 N–H and O–H groups in total. The van der Waals surface area contributed by atoms with E-state index in [-0.39, 0.29) is 12.1 Å². The molecule has 0 aliphatic heterocycles. The molecule has 0 spiro atoms. The number of rotatable bonds is 4. The van der Waals surface area contributed by atoms with Crippen LogP contribution in [0.25, 0.3) is 21.3 Å². The van der Waals surface area contributed by atoms with E-state index in [0.29, 0.717) is 16.8 Å². The summed E-state index contributed by atoms with van der Waals surface area (Å²) >= 11 is 1.44. The number of nitrogens with one attached hydrogen (secondary N) is 2. The van der Waals surface area contributed by atoms with Gasteiger partial charge in [-0.3, -0.25) is 19.5 Å². The van der Waals surface area contributed by atoms with Gasteiger partial charge in [-0.1, -0.05) is 30.3 Å². The molecule has 7 nitrogen and oxygen atoms in total. The number of aromatic nitrogens is 2. The molecule has 0 saturated carbocycles. The fraction of sp³-hybridized carbons (Fsp3) is 0.222. The lowest BCUT2D eigenvalue weighted by atomic mass is 10.0. The zero-order chi connectivity index (χ0) is 18.7. The lowest BCUT2D eigenvalue weighted by molar-refractivity contribution is -0.120. The summed E-state index contributed by atoms with van der Waals surface area (Å²) in [4.78, 5) is 42.3. The van der Waals surface area contributed by atoms with Crippen molar-refractivity contribution in [2.24, 2.45) is 0 Å². The van der Waals surface area contributed by atoms with E-state index in [9.17, 15) is 14.4 Å². The third-order valence-electron chi connectivity index (χ3n) is 3.82. The van der Waals surface area contributed by atoms with Gasteiger partial charge >= 0.3 is 6.03 Å². The van der Waals surface area contributed by atoms with Crippen molar-refractivity contribution in [1.29, 1.82) is 0 Å². The Hall–Kier alpha value is -3.00. The Bertz CT molecular complexity index is 1020. The fourth-order valence-electron chi connectivity index (χ4n) is 2.73. The van der Waals surface area contributed by atoms with Crippen LogP contribution in [0.2, 0.25) is 0 Å². The molecular weight excluding hydrogens is 352 g/mol. The SMILES string of the molecule is CCNC(=O)NC(=O)Cn1cnc2sc(C)c(-c3ccccc3)c2c1=O. The molecule has 3 amide bonds. The summed E-state index contributed by atoms with van der Waals surface area (Å²) in [5, 5.41) is 5.14. The molecule has 0 bridgehead atoms. The van der Waals surface area contributed by atoms with Crippen molar-refractivity contribution in [3.8, 4) is 11.1 Å². The third-order valence-corrected chi connectivity index (χ3v) is 4.83. The molecule has 26 heavy (non-hydrogen) atoms. The minimum atomic E-state index is -0.587. The largest absolute Gasteiger partial charge is 0.338 e. The number of benzene rings is 1. The smallest absolute Gasteiger partial charge is 0.321 e. The van der Waals surface area contributed by atoms with Crippen molar-refractivity contribution in [2.45, 2.75) is 20.4 Å². The highest BCUT2D eigenvalue weighted by Crippen LogP contribution is 2.35. The molecule has 134 valence electrons. The zero-order valence-corrected chi connectivity index (χ0v) is 15.2. The molecule has 0 atom stereocenters. The van der Waals surface area contributed by atoms with E-state index < -0.39 is 11.9 Å². The van der Waals surface area contributed by atoms with Gasteiger partial charge in [-0.25, -0.2) is 9.78 Å². The summed E-state index contributed by atoms with van der Waals surface area (Å²) in [5.41, 5.74) is 1.46. The maximum Gasteiger partial charge on any atom is 0.321 e. The molecule has 3 aromatic rings. The summed E-state index contributed by atoms with van der Waals surface area (Å²) in [6.07, 6.45) is 1.34. The van der Waals surface area contributed by atoms with Crippen molar-refractivity contribution < 1.29 is 9.59 Å². The van der Waals surface area contributed by atoms with Crippen molar-refractivity contribution in [3.05, 3.63) is 51.9 Å². The Morgan fingerprint density at radius 1 is 1.23 bits per heavy atom. The van der Waals surface area contributed by atoms with Crippen LogP contribution in [0.1, 0.15) is 11.8 Å². The molecular formula is C18H18N4O3S. The number of fused-ring (bicyclic) bond motifs is 1. The summed E-state index contributed by atoms with van der Waals surface area (Å²) in [5.74, 6) is -0.576. The third kappa shape index (κ3) is 3.50. The first-order chi connectivity index (χ1) is 12.5. The van der Waals surface area contributed by atoms with E-state index in [1.807, 2.05) is 37.3 Å². The number of urea groups is 1. The van der Waals surface area contributed by atoms with E-state index in [2.05, 4.69) is 15.6 Å². The van der Waals surface area contributed by atoms with E-state index in [1.165, 1.54) is 22.2 Å². The maximum atomic E-state index is 12.9. The van der Waals surface area contributed by atoms with Crippen molar-refractivity contribution >= 4 is 33.5 Å². The molecule has 1 aromatic carbocycles. The number of nitrogens with zero attached hydrogens (tertiary/aromatic N) is 2. The summed E-state index contributed by atoms with van der Waals surface area (Å²) < 4.78 is 1.22. The standard InChI is InChI=1S/C18H18N4O3S/c1-3-19-18(25)21-13(23)9-22-10-20-16-15(17(22)24)14(11(2)26-16)12-7-5-4-6-8-12/h4-8,10H,3,9H2,1-2H3,(H2,19,21,23,25). The van der Waals surface area contributed by atoms with Gasteiger partial charge in [0.15, 0.2) is 0 Å². The van der Waals surface area contributed by atoms with E-state index in [4.69, 9.17) is 0 Å². The van der Waals surface area contributed by atoms with E-state index in [1.54, 1.807) is 6.92 Å². The number of hydrogen-bond acceptors (Lipinski definition) is 5. The van der Waals surface area contributed by atoms with Crippen molar-refractivity contribution in [3.63, 3.8) is 0 Å². The van der Waals surface area contributed by atoms with Crippen molar-refractivity contribution in [2.75, 3.05) is 6.54 Å². The average molecular weight is 370 g/mol. The summed E-state index contributed by atoms with van der Waals surface area (Å²) in [6, 6.07) is 9.02. The number of aryl methyl sites for hydroxylation is 1. The van der Waals surface area contributed by atoms with Crippen LogP contribution >= 0.6 is 11.3 Å². The Labute approximate surface area is 153 Å². The number of hydrogen-bond donors (Lipinski definition) is 2. The average Bonchev–Trinajstić information content (AvgIpc) is 2.95. The van der Waals surface area contributed by atoms with Gasteiger partial charge in [0.1, 0.15) is 11.4 Å². The highest BCUT2D eigenvalue weighted by Gasteiger charge is 2.18. The Balaban J connectivity index is 1.99. The molecule has 8 heteroatoms. The molecule has 2 heterocycles. The van der Waals surface area contributed by atoms with Gasteiger partial charge in [0.2, 0.25) is 5.91 Å². The van der Waals surface area contributed by atoms with Gasteiger partial charge in [0, 0.05) is 17.0 Å². The van der Waals surface area contributed by atoms with Crippen LogP contribution in [-0.2, 0) is 11.3 Å². The van der Waals surface area contributed by atoms with Crippen LogP contribution in [0, 0.1) is 6.92 Å². The first-order valence-corrected chi connectivity index (χ1v) is 8.94. The van der Waals surface area contributed by atoms with Gasteiger partial charge in [-0.2, -0.15) is 0 Å². The Morgan fingerprint density at radius 3 is 2.65 bits per heavy atom.